The number of aryl methyl sites for hydroxylation is 1. The maximum absolute atomic E-state index is 14.0. The molecular formula is C25H22F3N5O2. The third-order valence-electron chi connectivity index (χ3n) is 6.12. The van der Waals surface area contributed by atoms with E-state index in [1.54, 1.807) is 32.9 Å². The number of fused-ring (bicyclic) bond motifs is 1. The lowest BCUT2D eigenvalue weighted by molar-refractivity contribution is -0.137. The molecule has 0 radical (unpaired) electrons. The van der Waals surface area contributed by atoms with Gasteiger partial charge in [0.1, 0.15) is 11.6 Å². The number of aromatic nitrogens is 2. The summed E-state index contributed by atoms with van der Waals surface area (Å²) in [5.74, 6) is 4.92. The van der Waals surface area contributed by atoms with E-state index in [0.717, 1.165) is 12.1 Å². The van der Waals surface area contributed by atoms with E-state index in [4.69, 9.17) is 10.5 Å². The minimum Gasteiger partial charge on any atom is -0.420 e. The van der Waals surface area contributed by atoms with Crippen molar-refractivity contribution in [2.45, 2.75) is 38.6 Å². The highest BCUT2D eigenvalue weighted by Crippen LogP contribution is 2.53. The molecule has 10 heteroatoms. The second kappa shape index (κ2) is 8.57. The summed E-state index contributed by atoms with van der Waals surface area (Å²) < 4.78 is 47.6. The van der Waals surface area contributed by atoms with Gasteiger partial charge in [-0.25, -0.2) is 0 Å². The van der Waals surface area contributed by atoms with Crippen LogP contribution >= 0.6 is 0 Å². The maximum atomic E-state index is 14.0. The largest absolute Gasteiger partial charge is 0.420 e. The number of allylic oxidation sites excluding steroid dienone is 3. The van der Waals surface area contributed by atoms with E-state index in [1.807, 2.05) is 0 Å². The number of dihydropyridines is 1. The smallest absolute Gasteiger partial charge is 0.416 e. The minimum absolute atomic E-state index is 0.0116. The normalized spacial score (nSPS) is 21.3. The van der Waals surface area contributed by atoms with Crippen molar-refractivity contribution in [3.05, 3.63) is 81.5 Å². The number of H-pyrrole nitrogens is 1. The third-order valence-corrected chi connectivity index (χ3v) is 6.12. The molecule has 1 aromatic carbocycles. The number of ether oxygens (including phenoxy) is 1. The number of nitriles is 1. The molecule has 180 valence electrons. The van der Waals surface area contributed by atoms with E-state index in [-0.39, 0.29) is 28.5 Å². The van der Waals surface area contributed by atoms with Gasteiger partial charge < -0.3 is 20.9 Å². The van der Waals surface area contributed by atoms with Gasteiger partial charge in [-0.1, -0.05) is 25.7 Å². The van der Waals surface area contributed by atoms with Crippen molar-refractivity contribution in [1.29, 1.82) is 5.26 Å². The highest BCUT2D eigenvalue weighted by atomic mass is 19.4. The van der Waals surface area contributed by atoms with Crippen LogP contribution in [0.4, 0.5) is 13.2 Å². The first kappa shape index (κ1) is 24.0. The van der Waals surface area contributed by atoms with Crippen LogP contribution in [-0.4, -0.2) is 21.5 Å². The first-order chi connectivity index (χ1) is 16.5. The molecule has 7 nitrogen and oxygen atoms in total. The maximum Gasteiger partial charge on any atom is 0.416 e. The van der Waals surface area contributed by atoms with E-state index in [1.165, 1.54) is 12.3 Å². The molecular weight excluding hydrogens is 459 g/mol. The number of hydrogen-bond acceptors (Lipinski definition) is 6. The number of nitrogens with one attached hydrogen (secondary N) is 2. The van der Waals surface area contributed by atoms with Crippen LogP contribution in [0.2, 0.25) is 0 Å². The summed E-state index contributed by atoms with van der Waals surface area (Å²) in [6.45, 7) is 5.28. The Morgan fingerprint density at radius 3 is 2.63 bits per heavy atom. The number of nitrogens with zero attached hydrogens (tertiary/aromatic N) is 2. The Bertz CT molecular complexity index is 1380. The van der Waals surface area contributed by atoms with Gasteiger partial charge in [-0.3, -0.25) is 5.10 Å². The minimum atomic E-state index is -4.68. The van der Waals surface area contributed by atoms with Crippen LogP contribution in [0, 0.1) is 36.0 Å². The van der Waals surface area contributed by atoms with Gasteiger partial charge in [0.25, 0.3) is 0 Å². The van der Waals surface area contributed by atoms with Crippen LogP contribution in [-0.2, 0) is 11.6 Å². The average molecular weight is 481 g/mol. The molecule has 0 saturated heterocycles. The molecule has 35 heavy (non-hydrogen) atoms. The fourth-order valence-corrected chi connectivity index (χ4v) is 4.59. The summed E-state index contributed by atoms with van der Waals surface area (Å²) in [7, 11) is 0. The number of hydrogen-bond donors (Lipinski definition) is 4. The molecule has 4 rings (SSSR count). The molecule has 5 N–H and O–H groups in total. The van der Waals surface area contributed by atoms with Gasteiger partial charge in [-0.2, -0.15) is 18.4 Å². The summed E-state index contributed by atoms with van der Waals surface area (Å²) in [5, 5.41) is 29.7. The van der Waals surface area contributed by atoms with E-state index in [0.29, 0.717) is 16.8 Å². The SMILES string of the molecule is Cc1[nH]nc2c1C(c1cc(C#CC3=CC=CNC3O)cc(C(F)(F)F)c1)(C(C)C)C(C#N)=C(N)O2. The topological polar surface area (TPSA) is 120 Å². The van der Waals surface area contributed by atoms with Gasteiger partial charge in [0.05, 0.1) is 22.1 Å². The van der Waals surface area contributed by atoms with Gasteiger partial charge in [-0.15, -0.1) is 5.10 Å². The van der Waals surface area contributed by atoms with E-state index in [2.05, 4.69) is 33.4 Å². The van der Waals surface area contributed by atoms with Crippen molar-refractivity contribution in [1.82, 2.24) is 15.5 Å². The summed E-state index contributed by atoms with van der Waals surface area (Å²) in [6, 6.07) is 5.52. The Balaban J connectivity index is 2.04. The second-order valence-corrected chi connectivity index (χ2v) is 8.54. The van der Waals surface area contributed by atoms with Crippen LogP contribution in [0.3, 0.4) is 0 Å². The number of halogens is 3. The quantitative estimate of drug-likeness (QED) is 0.488. The Morgan fingerprint density at radius 1 is 1.26 bits per heavy atom. The molecule has 3 heterocycles. The Kier molecular flexibility index (Phi) is 5.87. The van der Waals surface area contributed by atoms with Crippen molar-refractivity contribution < 1.29 is 23.0 Å². The molecule has 0 aliphatic carbocycles. The molecule has 2 aliphatic rings. The molecule has 2 aromatic rings. The van der Waals surface area contributed by atoms with Crippen molar-refractivity contribution in [2.75, 3.05) is 0 Å². The Labute approximate surface area is 199 Å². The van der Waals surface area contributed by atoms with Gasteiger partial charge >= 0.3 is 6.18 Å². The number of aliphatic hydroxyl groups is 1. The highest BCUT2D eigenvalue weighted by molar-refractivity contribution is 5.63. The highest BCUT2D eigenvalue weighted by Gasteiger charge is 2.51. The molecule has 1 aromatic heterocycles. The standard InChI is InChI=1S/C25H22F3N5O2/c1-13(2)24(19(12-29)21(30)35-23-20(24)14(3)32-33-23)17-9-15(10-18(11-17)25(26,27)28)6-7-16-5-4-8-31-22(16)34/h4-5,8-11,13,22,31,34H,30H2,1-3H3,(H,32,33). The van der Waals surface area contributed by atoms with Gasteiger partial charge in [0.15, 0.2) is 6.23 Å². The van der Waals surface area contributed by atoms with Crippen molar-refractivity contribution in [3.63, 3.8) is 0 Å². The number of nitrogens with two attached hydrogens (primary N) is 1. The lowest BCUT2D eigenvalue weighted by atomic mass is 9.61. The lowest BCUT2D eigenvalue weighted by Gasteiger charge is -2.41. The molecule has 2 aliphatic heterocycles. The number of alkyl halides is 3. The van der Waals surface area contributed by atoms with Crippen molar-refractivity contribution >= 4 is 0 Å². The predicted molar refractivity (Wildman–Crippen MR) is 121 cm³/mol. The summed E-state index contributed by atoms with van der Waals surface area (Å²) in [4.78, 5) is 0. The van der Waals surface area contributed by atoms with Gasteiger partial charge in [0, 0.05) is 11.3 Å². The average Bonchev–Trinajstić information content (AvgIpc) is 3.16. The summed E-state index contributed by atoms with van der Waals surface area (Å²) in [6.07, 6.45) is -1.03. The molecule has 2 unspecified atom stereocenters. The van der Waals surface area contributed by atoms with E-state index in [9.17, 15) is 23.5 Å². The first-order valence-electron chi connectivity index (χ1n) is 10.7. The molecule has 0 bridgehead atoms. The zero-order valence-corrected chi connectivity index (χ0v) is 19.1. The van der Waals surface area contributed by atoms with E-state index >= 15 is 0 Å². The fraction of sp³-hybridized carbons (Fsp3) is 0.280. The second-order valence-electron chi connectivity index (χ2n) is 8.54. The zero-order valence-electron chi connectivity index (χ0n) is 19.1. The molecule has 0 saturated carbocycles. The van der Waals surface area contributed by atoms with Gasteiger partial charge in [-0.05, 0) is 55.0 Å². The Hall–Kier alpha value is -4.15. The lowest BCUT2D eigenvalue weighted by Crippen LogP contribution is -2.41. The number of rotatable bonds is 2. The monoisotopic (exact) mass is 481 g/mol. The summed E-state index contributed by atoms with van der Waals surface area (Å²) in [5.41, 5.74) is 5.27. The van der Waals surface area contributed by atoms with Gasteiger partial charge in [0.2, 0.25) is 11.8 Å². The molecule has 2 atom stereocenters. The fourth-order valence-electron chi connectivity index (χ4n) is 4.59. The van der Waals surface area contributed by atoms with E-state index < -0.39 is 29.3 Å². The number of benzene rings is 1. The molecule has 0 amide bonds. The Morgan fingerprint density at radius 2 is 2.00 bits per heavy atom. The summed E-state index contributed by atoms with van der Waals surface area (Å²) >= 11 is 0. The number of aromatic amines is 1. The molecule has 0 fully saturated rings. The third kappa shape index (κ3) is 3.92. The van der Waals surface area contributed by atoms with Crippen LogP contribution in [0.25, 0.3) is 0 Å². The van der Waals surface area contributed by atoms with Crippen LogP contribution in [0.5, 0.6) is 5.88 Å². The van der Waals surface area contributed by atoms with Crippen molar-refractivity contribution in [3.8, 4) is 23.8 Å². The zero-order chi connectivity index (χ0) is 25.5. The van der Waals surface area contributed by atoms with Crippen LogP contribution in [0.1, 0.15) is 41.8 Å². The van der Waals surface area contributed by atoms with Crippen LogP contribution in [0.15, 0.2) is 53.6 Å². The number of aliphatic hydroxyl groups excluding tert-OH is 1. The molecule has 0 spiro atoms. The van der Waals surface area contributed by atoms with Crippen LogP contribution < -0.4 is 15.8 Å². The predicted octanol–water partition coefficient (Wildman–Crippen LogP) is 3.48. The van der Waals surface area contributed by atoms with Crippen molar-refractivity contribution in [2.24, 2.45) is 11.7 Å². The first-order valence-corrected chi connectivity index (χ1v) is 10.7.